The van der Waals surface area contributed by atoms with Crippen molar-refractivity contribution < 1.29 is 9.47 Å². The van der Waals surface area contributed by atoms with E-state index in [4.69, 9.17) is 9.47 Å². The van der Waals surface area contributed by atoms with Gasteiger partial charge < -0.3 is 14.8 Å². The molecule has 1 aromatic rings. The molecule has 3 heteroatoms. The van der Waals surface area contributed by atoms with Crippen molar-refractivity contribution in [3.63, 3.8) is 0 Å². The molecule has 0 amide bonds. The van der Waals surface area contributed by atoms with Gasteiger partial charge in [0.1, 0.15) is 0 Å². The number of hydrogen-bond acceptors (Lipinski definition) is 3. The largest absolute Gasteiger partial charge is 0.493 e. The Morgan fingerprint density at radius 3 is 2.35 bits per heavy atom. The zero-order chi connectivity index (χ0) is 14.4. The number of ether oxygens (including phenoxy) is 2. The molecule has 1 aliphatic rings. The molecule has 0 aromatic heterocycles. The zero-order valence-corrected chi connectivity index (χ0v) is 13.0. The van der Waals surface area contributed by atoms with E-state index in [0.29, 0.717) is 5.41 Å². The summed E-state index contributed by atoms with van der Waals surface area (Å²) in [7, 11) is 5.43. The molecule has 0 bridgehead atoms. The SMILES string of the molecule is CNCCC1(c2ccc(OC)c(OC)c2)CCCCC1. The highest BCUT2D eigenvalue weighted by Gasteiger charge is 2.33. The smallest absolute Gasteiger partial charge is 0.161 e. The molecule has 3 nitrogen and oxygen atoms in total. The maximum Gasteiger partial charge on any atom is 0.161 e. The highest BCUT2D eigenvalue weighted by atomic mass is 16.5. The molecule has 0 radical (unpaired) electrons. The second-order valence-corrected chi connectivity index (χ2v) is 5.76. The summed E-state index contributed by atoms with van der Waals surface area (Å²) in [5.41, 5.74) is 1.71. The van der Waals surface area contributed by atoms with Crippen LogP contribution in [-0.4, -0.2) is 27.8 Å². The van der Waals surface area contributed by atoms with Crippen LogP contribution in [0.25, 0.3) is 0 Å². The van der Waals surface area contributed by atoms with E-state index in [1.165, 1.54) is 44.1 Å². The lowest BCUT2D eigenvalue weighted by molar-refractivity contribution is 0.270. The highest BCUT2D eigenvalue weighted by molar-refractivity contribution is 5.45. The van der Waals surface area contributed by atoms with Crippen LogP contribution in [0.3, 0.4) is 0 Å². The Bertz CT molecular complexity index is 425. The van der Waals surface area contributed by atoms with Gasteiger partial charge >= 0.3 is 0 Å². The first-order valence-corrected chi connectivity index (χ1v) is 7.63. The van der Waals surface area contributed by atoms with Crippen LogP contribution in [0.15, 0.2) is 18.2 Å². The molecule has 2 rings (SSSR count). The Morgan fingerprint density at radius 2 is 1.75 bits per heavy atom. The monoisotopic (exact) mass is 277 g/mol. The predicted molar refractivity (Wildman–Crippen MR) is 82.9 cm³/mol. The summed E-state index contributed by atoms with van der Waals surface area (Å²) in [6, 6.07) is 6.45. The van der Waals surface area contributed by atoms with E-state index in [-0.39, 0.29) is 0 Å². The molecule has 20 heavy (non-hydrogen) atoms. The van der Waals surface area contributed by atoms with Crippen LogP contribution in [0.1, 0.15) is 44.1 Å². The number of rotatable bonds is 6. The Kier molecular flexibility index (Phi) is 5.30. The fraction of sp³-hybridized carbons (Fsp3) is 0.647. The summed E-state index contributed by atoms with van der Waals surface area (Å²) < 4.78 is 10.8. The topological polar surface area (TPSA) is 30.5 Å². The average Bonchev–Trinajstić information content (AvgIpc) is 2.53. The van der Waals surface area contributed by atoms with Crippen LogP contribution in [0.5, 0.6) is 11.5 Å². The summed E-state index contributed by atoms with van der Waals surface area (Å²) in [6.45, 7) is 1.06. The zero-order valence-electron chi connectivity index (χ0n) is 13.0. The summed E-state index contributed by atoms with van der Waals surface area (Å²) in [5, 5.41) is 3.30. The number of nitrogens with one attached hydrogen (secondary N) is 1. The van der Waals surface area contributed by atoms with Crippen LogP contribution in [0, 0.1) is 0 Å². The number of methoxy groups -OCH3 is 2. The second kappa shape index (κ2) is 6.98. The molecule has 0 heterocycles. The fourth-order valence-corrected chi connectivity index (χ4v) is 3.44. The van der Waals surface area contributed by atoms with Crippen molar-refractivity contribution in [2.24, 2.45) is 0 Å². The molecule has 0 atom stereocenters. The minimum atomic E-state index is 0.306. The van der Waals surface area contributed by atoms with Crippen molar-refractivity contribution in [2.45, 2.75) is 43.9 Å². The summed E-state index contributed by atoms with van der Waals surface area (Å²) >= 11 is 0. The van der Waals surface area contributed by atoms with E-state index in [9.17, 15) is 0 Å². The third-order valence-corrected chi connectivity index (χ3v) is 4.66. The van der Waals surface area contributed by atoms with E-state index in [1.54, 1.807) is 14.2 Å². The summed E-state index contributed by atoms with van der Waals surface area (Å²) in [5.74, 6) is 1.66. The van der Waals surface area contributed by atoms with Crippen molar-refractivity contribution in [3.05, 3.63) is 23.8 Å². The Balaban J connectivity index is 2.32. The third-order valence-electron chi connectivity index (χ3n) is 4.66. The van der Waals surface area contributed by atoms with Crippen LogP contribution < -0.4 is 14.8 Å². The van der Waals surface area contributed by atoms with Gasteiger partial charge in [-0.2, -0.15) is 0 Å². The molecular formula is C17H27NO2. The third kappa shape index (κ3) is 3.09. The maximum absolute atomic E-state index is 5.48. The summed E-state index contributed by atoms with van der Waals surface area (Å²) in [4.78, 5) is 0. The van der Waals surface area contributed by atoms with Gasteiger partial charge in [0.05, 0.1) is 14.2 Å². The van der Waals surface area contributed by atoms with Gasteiger partial charge in [0, 0.05) is 0 Å². The predicted octanol–water partition coefficient (Wildman–Crippen LogP) is 3.52. The van der Waals surface area contributed by atoms with Crippen molar-refractivity contribution >= 4 is 0 Å². The second-order valence-electron chi connectivity index (χ2n) is 5.76. The van der Waals surface area contributed by atoms with E-state index in [0.717, 1.165) is 18.0 Å². The molecule has 0 saturated heterocycles. The van der Waals surface area contributed by atoms with E-state index in [1.807, 2.05) is 13.1 Å². The van der Waals surface area contributed by atoms with Gasteiger partial charge in [0.25, 0.3) is 0 Å². The van der Waals surface area contributed by atoms with Gasteiger partial charge in [-0.1, -0.05) is 25.3 Å². The molecule has 1 aromatic carbocycles. The average molecular weight is 277 g/mol. The standard InChI is InChI=1S/C17H27NO2/c1-18-12-11-17(9-5-4-6-10-17)14-7-8-15(19-2)16(13-14)20-3/h7-8,13,18H,4-6,9-12H2,1-3H3. The van der Waals surface area contributed by atoms with Crippen LogP contribution >= 0.6 is 0 Å². The number of hydrogen-bond donors (Lipinski definition) is 1. The van der Waals surface area contributed by atoms with Crippen molar-refractivity contribution in [1.29, 1.82) is 0 Å². The van der Waals surface area contributed by atoms with Gasteiger partial charge in [0.2, 0.25) is 0 Å². The normalized spacial score (nSPS) is 17.8. The lowest BCUT2D eigenvalue weighted by Crippen LogP contribution is -2.32. The maximum atomic E-state index is 5.48. The summed E-state index contributed by atoms with van der Waals surface area (Å²) in [6.07, 6.45) is 7.79. The van der Waals surface area contributed by atoms with Crippen LogP contribution in [-0.2, 0) is 5.41 Å². The van der Waals surface area contributed by atoms with Gasteiger partial charge in [-0.05, 0) is 56.0 Å². The molecule has 0 aliphatic heterocycles. The van der Waals surface area contributed by atoms with Crippen molar-refractivity contribution in [1.82, 2.24) is 5.32 Å². The van der Waals surface area contributed by atoms with Crippen molar-refractivity contribution in [2.75, 3.05) is 27.8 Å². The molecule has 0 unspecified atom stereocenters. The molecule has 1 saturated carbocycles. The quantitative estimate of drug-likeness (QED) is 0.863. The van der Waals surface area contributed by atoms with Crippen LogP contribution in [0.4, 0.5) is 0 Å². The number of benzene rings is 1. The Hall–Kier alpha value is -1.22. The Morgan fingerprint density at radius 1 is 1.05 bits per heavy atom. The molecular weight excluding hydrogens is 250 g/mol. The molecule has 1 N–H and O–H groups in total. The van der Waals surface area contributed by atoms with Gasteiger partial charge in [-0.25, -0.2) is 0 Å². The van der Waals surface area contributed by atoms with Crippen LogP contribution in [0.2, 0.25) is 0 Å². The minimum absolute atomic E-state index is 0.306. The lowest BCUT2D eigenvalue weighted by atomic mass is 9.67. The van der Waals surface area contributed by atoms with Gasteiger partial charge in [0.15, 0.2) is 11.5 Å². The fourth-order valence-electron chi connectivity index (χ4n) is 3.44. The first-order chi connectivity index (χ1) is 9.75. The molecule has 0 spiro atoms. The van der Waals surface area contributed by atoms with E-state index < -0.39 is 0 Å². The van der Waals surface area contributed by atoms with E-state index in [2.05, 4.69) is 17.4 Å². The van der Waals surface area contributed by atoms with Gasteiger partial charge in [-0.15, -0.1) is 0 Å². The molecule has 112 valence electrons. The van der Waals surface area contributed by atoms with E-state index >= 15 is 0 Å². The highest BCUT2D eigenvalue weighted by Crippen LogP contribution is 2.44. The Labute approximate surface area is 122 Å². The minimum Gasteiger partial charge on any atom is -0.493 e. The molecule has 1 aliphatic carbocycles. The van der Waals surface area contributed by atoms with Gasteiger partial charge in [-0.3, -0.25) is 0 Å². The lowest BCUT2D eigenvalue weighted by Gasteiger charge is -2.38. The van der Waals surface area contributed by atoms with Crippen molar-refractivity contribution in [3.8, 4) is 11.5 Å². The molecule has 1 fully saturated rings. The first-order valence-electron chi connectivity index (χ1n) is 7.63. The first kappa shape index (κ1) is 15.2.